The highest BCUT2D eigenvalue weighted by molar-refractivity contribution is 5.79. The topological polar surface area (TPSA) is 70.4 Å². The minimum Gasteiger partial charge on any atom is -0.459 e. The first-order valence-corrected chi connectivity index (χ1v) is 15.3. The Morgan fingerprint density at radius 3 is 2.00 bits per heavy atom. The number of benzene rings is 1. The molecule has 1 heterocycles. The lowest BCUT2D eigenvalue weighted by atomic mass is 9.84. The zero-order valence-electron chi connectivity index (χ0n) is 26.8. The lowest BCUT2D eigenvalue weighted by Gasteiger charge is -2.33. The minimum absolute atomic E-state index is 0.0154. The number of rotatable bonds is 13. The summed E-state index contributed by atoms with van der Waals surface area (Å²) in [5.74, 6) is -22.6. The fourth-order valence-corrected chi connectivity index (χ4v) is 5.61. The molecule has 15 heteroatoms. The second kappa shape index (κ2) is 14.1. The molecule has 0 aliphatic heterocycles. The van der Waals surface area contributed by atoms with Crippen LogP contribution in [0.2, 0.25) is 0 Å². The van der Waals surface area contributed by atoms with Gasteiger partial charge in [0.15, 0.2) is 0 Å². The third-order valence-electron chi connectivity index (χ3n) is 7.97. The number of nitrogens with zero attached hydrogens (tertiary/aromatic N) is 2. The molecule has 0 bridgehead atoms. The van der Waals surface area contributed by atoms with Gasteiger partial charge in [-0.1, -0.05) is 50.5 Å². The Labute approximate surface area is 267 Å². The predicted molar refractivity (Wildman–Crippen MR) is 152 cm³/mol. The molecule has 1 aromatic carbocycles. The van der Waals surface area contributed by atoms with E-state index in [0.717, 1.165) is 37.2 Å². The van der Waals surface area contributed by atoms with E-state index >= 15 is 8.78 Å². The molecule has 1 saturated carbocycles. The fraction of sp³-hybridized carbons (Fsp3) is 0.656. The maximum absolute atomic E-state index is 15.3. The van der Waals surface area contributed by atoms with E-state index in [-0.39, 0.29) is 31.1 Å². The second-order valence-corrected chi connectivity index (χ2v) is 12.8. The number of unbranched alkanes of at least 4 members (excludes halogenated alkanes) is 1. The van der Waals surface area contributed by atoms with Crippen LogP contribution in [0, 0.1) is 5.92 Å². The van der Waals surface area contributed by atoms with Crippen molar-refractivity contribution < 1.29 is 58.6 Å². The molecule has 0 spiro atoms. The van der Waals surface area contributed by atoms with Crippen LogP contribution < -0.4 is 0 Å². The van der Waals surface area contributed by atoms with Gasteiger partial charge in [0.2, 0.25) is 0 Å². The Morgan fingerprint density at radius 2 is 1.51 bits per heavy atom. The van der Waals surface area contributed by atoms with E-state index in [4.69, 9.17) is 9.47 Å². The van der Waals surface area contributed by atoms with E-state index in [9.17, 15) is 40.3 Å². The third kappa shape index (κ3) is 8.25. The van der Waals surface area contributed by atoms with Crippen LogP contribution in [0.4, 0.5) is 39.5 Å². The Hall–Kier alpha value is -3.26. The van der Waals surface area contributed by atoms with Gasteiger partial charge in [-0.15, -0.1) is 0 Å². The van der Waals surface area contributed by atoms with E-state index < -0.39 is 65.4 Å². The molecule has 1 atom stereocenters. The van der Waals surface area contributed by atoms with Crippen molar-refractivity contribution in [3.63, 3.8) is 0 Å². The quantitative estimate of drug-likeness (QED) is 0.156. The summed E-state index contributed by atoms with van der Waals surface area (Å²) < 4.78 is 137. The molecule has 1 aliphatic rings. The largest absolute Gasteiger partial charge is 0.460 e. The number of hydrogen-bond acceptors (Lipinski definition) is 5. The molecular weight excluding hydrogens is 647 g/mol. The smallest absolute Gasteiger partial charge is 0.459 e. The number of aromatic nitrogens is 2. The van der Waals surface area contributed by atoms with Gasteiger partial charge in [-0.25, -0.2) is 4.98 Å². The first-order chi connectivity index (χ1) is 21.5. The maximum atomic E-state index is 15.3. The van der Waals surface area contributed by atoms with Crippen LogP contribution in [-0.4, -0.2) is 45.1 Å². The summed E-state index contributed by atoms with van der Waals surface area (Å²) in [4.78, 5) is 28.3. The summed E-state index contributed by atoms with van der Waals surface area (Å²) in [5.41, 5.74) is -2.78. The van der Waals surface area contributed by atoms with Crippen molar-refractivity contribution in [2.75, 3.05) is 0 Å². The fourth-order valence-electron chi connectivity index (χ4n) is 5.61. The molecule has 1 aliphatic carbocycles. The number of ether oxygens (including phenoxy) is 2. The minimum atomic E-state index is -7.13. The van der Waals surface area contributed by atoms with Gasteiger partial charge in [0, 0.05) is 19.9 Å². The average Bonchev–Trinajstić information content (AvgIpc) is 3.58. The second-order valence-electron chi connectivity index (χ2n) is 12.8. The number of hydrogen-bond donors (Lipinski definition) is 0. The van der Waals surface area contributed by atoms with E-state index in [0.29, 0.717) is 17.5 Å². The molecule has 47 heavy (non-hydrogen) atoms. The van der Waals surface area contributed by atoms with Crippen LogP contribution in [0.5, 0.6) is 0 Å². The highest BCUT2D eigenvalue weighted by Crippen LogP contribution is 2.57. The summed E-state index contributed by atoms with van der Waals surface area (Å²) >= 11 is 0. The summed E-state index contributed by atoms with van der Waals surface area (Å²) in [5, 5.41) is 0. The molecule has 1 unspecified atom stereocenters. The van der Waals surface area contributed by atoms with Crippen LogP contribution in [0.25, 0.3) is 0 Å². The van der Waals surface area contributed by atoms with Crippen molar-refractivity contribution in [2.45, 2.75) is 128 Å². The van der Waals surface area contributed by atoms with Gasteiger partial charge in [-0.2, -0.15) is 39.5 Å². The Morgan fingerprint density at radius 1 is 0.936 bits per heavy atom. The first kappa shape index (κ1) is 38.2. The van der Waals surface area contributed by atoms with Gasteiger partial charge < -0.3 is 14.0 Å². The molecule has 3 rings (SSSR count). The van der Waals surface area contributed by atoms with Crippen LogP contribution >= 0.6 is 0 Å². The Kier molecular flexibility index (Phi) is 11.4. The third-order valence-corrected chi connectivity index (χ3v) is 7.97. The lowest BCUT2D eigenvalue weighted by Crippen LogP contribution is -2.59. The van der Waals surface area contributed by atoms with Crippen LogP contribution in [-0.2, 0) is 44.6 Å². The normalized spacial score (nSPS) is 16.0. The van der Waals surface area contributed by atoms with Crippen LogP contribution in [0.1, 0.15) is 107 Å². The van der Waals surface area contributed by atoms with Crippen molar-refractivity contribution >= 4 is 11.9 Å². The molecule has 0 amide bonds. The van der Waals surface area contributed by atoms with Crippen molar-refractivity contribution in [1.29, 1.82) is 0 Å². The number of halogens is 9. The monoisotopic (exact) mass is 686 g/mol. The van der Waals surface area contributed by atoms with Crippen molar-refractivity contribution in [1.82, 2.24) is 9.55 Å². The predicted octanol–water partition coefficient (Wildman–Crippen LogP) is 8.88. The van der Waals surface area contributed by atoms with E-state index in [1.54, 1.807) is 52.0 Å². The van der Waals surface area contributed by atoms with E-state index in [2.05, 4.69) is 4.98 Å². The van der Waals surface area contributed by atoms with Gasteiger partial charge in [0.1, 0.15) is 23.7 Å². The van der Waals surface area contributed by atoms with E-state index in [1.165, 1.54) is 0 Å². The molecule has 6 nitrogen and oxygen atoms in total. The van der Waals surface area contributed by atoms with Crippen molar-refractivity contribution in [3.8, 4) is 0 Å². The number of aryl methyl sites for hydroxylation is 1. The lowest BCUT2D eigenvalue weighted by molar-refractivity contribution is -0.400. The zero-order chi connectivity index (χ0) is 35.6. The molecule has 2 aromatic rings. The summed E-state index contributed by atoms with van der Waals surface area (Å²) in [7, 11) is 0. The van der Waals surface area contributed by atoms with Gasteiger partial charge in [0.25, 0.3) is 0 Å². The molecule has 0 radical (unpaired) electrons. The van der Waals surface area contributed by atoms with Gasteiger partial charge >= 0.3 is 35.9 Å². The molecular formula is C32H39F9N2O4. The zero-order valence-corrected chi connectivity index (χ0v) is 26.8. The Bertz CT molecular complexity index is 1390. The molecule has 0 N–H and O–H groups in total. The molecule has 264 valence electrons. The highest BCUT2D eigenvalue weighted by Gasteiger charge is 2.83. The number of alkyl halides is 9. The highest BCUT2D eigenvalue weighted by atomic mass is 19.4. The van der Waals surface area contributed by atoms with Gasteiger partial charge in [-0.3, -0.25) is 9.59 Å². The number of imidazole rings is 1. The first-order valence-electron chi connectivity index (χ1n) is 15.3. The molecule has 1 aromatic heterocycles. The molecule has 1 fully saturated rings. The molecule has 0 saturated heterocycles. The number of carbonyl (C=O) groups is 2. The van der Waals surface area contributed by atoms with Gasteiger partial charge in [0.05, 0.1) is 11.6 Å². The Balaban J connectivity index is 2.11. The SMILES string of the molecule is CCCCc1nc(C(F)(F)C(F)(F)C(F)(F)C(F)(F)F)c(COC(C)=O)n1Cc1ccc(C(C(=O)OC(C)(C)C)C2CCCC2)cc1. The van der Waals surface area contributed by atoms with Crippen LogP contribution in [0.15, 0.2) is 24.3 Å². The average molecular weight is 687 g/mol. The number of esters is 2. The van der Waals surface area contributed by atoms with Crippen molar-refractivity contribution in [2.24, 2.45) is 5.92 Å². The van der Waals surface area contributed by atoms with E-state index in [1.807, 2.05) is 0 Å². The van der Waals surface area contributed by atoms with Gasteiger partial charge in [-0.05, 0) is 57.1 Å². The summed E-state index contributed by atoms with van der Waals surface area (Å²) in [6, 6.07) is 6.35. The summed E-state index contributed by atoms with van der Waals surface area (Å²) in [6.07, 6.45) is -2.94. The standard InChI is InChI=1S/C32H39F9N2O4/c1-6-7-12-24-42-26(29(33,34)30(35,36)31(37,38)32(39,40)41)23(18-46-19(2)44)43(24)17-20-13-15-22(16-14-20)25(21-10-8-9-11-21)27(45)47-28(3,4)5/h13-16,21,25H,6-12,17-18H2,1-5H3. The van der Waals surface area contributed by atoms with Crippen LogP contribution in [0.3, 0.4) is 0 Å². The maximum Gasteiger partial charge on any atom is 0.460 e. The van der Waals surface area contributed by atoms with Crippen molar-refractivity contribution in [3.05, 3.63) is 52.6 Å². The number of carbonyl (C=O) groups excluding carboxylic acids is 2. The summed E-state index contributed by atoms with van der Waals surface area (Å²) in [6.45, 7) is 6.27.